The highest BCUT2D eigenvalue weighted by Gasteiger charge is 2.25. The predicted octanol–water partition coefficient (Wildman–Crippen LogP) is 2.63. The maximum atomic E-state index is 14.4. The Labute approximate surface area is 102 Å². The Morgan fingerprint density at radius 2 is 2.12 bits per heavy atom. The second-order valence-corrected chi connectivity index (χ2v) is 4.64. The van der Waals surface area contributed by atoms with E-state index in [0.29, 0.717) is 19.8 Å². The minimum Gasteiger partial charge on any atom is -0.381 e. The number of alkyl halides is 1. The predicted molar refractivity (Wildman–Crippen MR) is 66.6 cm³/mol. The lowest BCUT2D eigenvalue weighted by atomic mass is 9.89. The van der Waals surface area contributed by atoms with Gasteiger partial charge in [-0.05, 0) is 42.9 Å². The zero-order valence-corrected chi connectivity index (χ0v) is 10.1. The first-order chi connectivity index (χ1) is 8.31. The van der Waals surface area contributed by atoms with Gasteiger partial charge in [0.25, 0.3) is 0 Å². The zero-order chi connectivity index (χ0) is 12.1. The van der Waals surface area contributed by atoms with Gasteiger partial charge in [0.2, 0.25) is 0 Å². The molecule has 1 saturated heterocycles. The van der Waals surface area contributed by atoms with Gasteiger partial charge < -0.3 is 10.5 Å². The third kappa shape index (κ3) is 3.27. The Morgan fingerprint density at radius 1 is 1.35 bits per heavy atom. The summed E-state index contributed by atoms with van der Waals surface area (Å²) in [6.07, 6.45) is 1.59. The van der Waals surface area contributed by atoms with Crippen LogP contribution in [0.1, 0.15) is 30.1 Å². The van der Waals surface area contributed by atoms with Crippen LogP contribution >= 0.6 is 0 Å². The van der Waals surface area contributed by atoms with Gasteiger partial charge in [-0.15, -0.1) is 0 Å². The van der Waals surface area contributed by atoms with E-state index in [9.17, 15) is 4.39 Å². The van der Waals surface area contributed by atoms with Crippen molar-refractivity contribution in [2.45, 2.75) is 25.4 Å². The van der Waals surface area contributed by atoms with Crippen LogP contribution in [-0.4, -0.2) is 19.8 Å². The summed E-state index contributed by atoms with van der Waals surface area (Å²) in [5.74, 6) is 0.108. The quantitative estimate of drug-likeness (QED) is 0.873. The molecule has 2 nitrogen and oxygen atoms in total. The average molecular weight is 237 g/mol. The molecular formula is C14H20FNO. The molecule has 0 saturated carbocycles. The highest BCUT2D eigenvalue weighted by Crippen LogP contribution is 2.33. The van der Waals surface area contributed by atoms with Crippen LogP contribution < -0.4 is 5.73 Å². The SMILES string of the molecule is NCCc1cccc(C(F)C2CCOCC2)c1. The Hall–Kier alpha value is -0.930. The maximum absolute atomic E-state index is 14.4. The molecule has 1 unspecified atom stereocenters. The first-order valence-electron chi connectivity index (χ1n) is 6.32. The van der Waals surface area contributed by atoms with E-state index in [0.717, 1.165) is 30.4 Å². The summed E-state index contributed by atoms with van der Waals surface area (Å²) >= 11 is 0. The highest BCUT2D eigenvalue weighted by molar-refractivity contribution is 5.26. The van der Waals surface area contributed by atoms with Gasteiger partial charge in [-0.2, -0.15) is 0 Å². The molecule has 0 aliphatic carbocycles. The Morgan fingerprint density at radius 3 is 2.82 bits per heavy atom. The molecule has 0 bridgehead atoms. The minimum absolute atomic E-state index is 0.108. The van der Waals surface area contributed by atoms with Crippen LogP contribution in [0, 0.1) is 5.92 Å². The fraction of sp³-hybridized carbons (Fsp3) is 0.571. The fourth-order valence-corrected chi connectivity index (χ4v) is 2.37. The van der Waals surface area contributed by atoms with E-state index in [1.54, 1.807) is 0 Å². The van der Waals surface area contributed by atoms with E-state index in [2.05, 4.69) is 0 Å². The molecule has 0 radical (unpaired) electrons. The first-order valence-corrected chi connectivity index (χ1v) is 6.32. The molecule has 17 heavy (non-hydrogen) atoms. The van der Waals surface area contributed by atoms with Crippen molar-refractivity contribution in [1.82, 2.24) is 0 Å². The number of benzene rings is 1. The number of nitrogens with two attached hydrogens (primary N) is 1. The normalized spacial score (nSPS) is 19.2. The summed E-state index contributed by atoms with van der Waals surface area (Å²) in [6, 6.07) is 7.76. The van der Waals surface area contributed by atoms with Crippen molar-refractivity contribution in [2.75, 3.05) is 19.8 Å². The third-order valence-corrected chi connectivity index (χ3v) is 3.38. The molecule has 1 atom stereocenters. The molecule has 3 heteroatoms. The van der Waals surface area contributed by atoms with Crippen LogP contribution in [0.2, 0.25) is 0 Å². The smallest absolute Gasteiger partial charge is 0.128 e. The van der Waals surface area contributed by atoms with Gasteiger partial charge in [-0.3, -0.25) is 0 Å². The monoisotopic (exact) mass is 237 g/mol. The molecular weight excluding hydrogens is 217 g/mol. The minimum atomic E-state index is -0.864. The summed E-state index contributed by atoms with van der Waals surface area (Å²) < 4.78 is 19.6. The molecule has 0 aromatic heterocycles. The standard InChI is InChI=1S/C14H20FNO/c15-14(12-5-8-17-9-6-12)13-3-1-2-11(10-13)4-7-16/h1-3,10,12,14H,4-9,16H2. The van der Waals surface area contributed by atoms with Gasteiger partial charge in [-0.1, -0.05) is 24.3 Å². The van der Waals surface area contributed by atoms with E-state index in [4.69, 9.17) is 10.5 Å². The van der Waals surface area contributed by atoms with Gasteiger partial charge >= 0.3 is 0 Å². The Bertz CT molecular complexity index is 350. The topological polar surface area (TPSA) is 35.2 Å². The fourth-order valence-electron chi connectivity index (χ4n) is 2.37. The van der Waals surface area contributed by atoms with Crippen LogP contribution in [-0.2, 0) is 11.2 Å². The molecule has 1 aromatic carbocycles. The van der Waals surface area contributed by atoms with Crippen LogP contribution in [0.25, 0.3) is 0 Å². The van der Waals surface area contributed by atoms with Crippen LogP contribution in [0.3, 0.4) is 0 Å². The van der Waals surface area contributed by atoms with Crippen molar-refractivity contribution < 1.29 is 9.13 Å². The molecule has 1 fully saturated rings. The average Bonchev–Trinajstić information content (AvgIpc) is 2.40. The molecule has 0 amide bonds. The summed E-state index contributed by atoms with van der Waals surface area (Å²) in [5, 5.41) is 0. The van der Waals surface area contributed by atoms with Crippen LogP contribution in [0.5, 0.6) is 0 Å². The highest BCUT2D eigenvalue weighted by atomic mass is 19.1. The largest absolute Gasteiger partial charge is 0.381 e. The zero-order valence-electron chi connectivity index (χ0n) is 10.1. The molecule has 94 valence electrons. The van der Waals surface area contributed by atoms with Crippen molar-refractivity contribution in [2.24, 2.45) is 11.7 Å². The second-order valence-electron chi connectivity index (χ2n) is 4.64. The number of hydrogen-bond acceptors (Lipinski definition) is 2. The van der Waals surface area contributed by atoms with Crippen molar-refractivity contribution in [1.29, 1.82) is 0 Å². The van der Waals surface area contributed by atoms with Gasteiger partial charge in [0.05, 0.1) is 0 Å². The molecule has 1 aromatic rings. The van der Waals surface area contributed by atoms with E-state index >= 15 is 0 Å². The third-order valence-electron chi connectivity index (χ3n) is 3.38. The molecule has 0 spiro atoms. The first kappa shape index (κ1) is 12.5. The summed E-state index contributed by atoms with van der Waals surface area (Å²) in [5.41, 5.74) is 7.44. The lowest BCUT2D eigenvalue weighted by Gasteiger charge is -2.25. The van der Waals surface area contributed by atoms with Crippen molar-refractivity contribution in [3.05, 3.63) is 35.4 Å². The molecule has 2 rings (SSSR count). The summed E-state index contributed by atoms with van der Waals surface area (Å²) in [6.45, 7) is 1.98. The van der Waals surface area contributed by atoms with Crippen molar-refractivity contribution >= 4 is 0 Å². The van der Waals surface area contributed by atoms with Crippen LogP contribution in [0.15, 0.2) is 24.3 Å². The second kappa shape index (κ2) is 6.12. The van der Waals surface area contributed by atoms with E-state index in [1.165, 1.54) is 0 Å². The van der Waals surface area contributed by atoms with E-state index in [1.807, 2.05) is 24.3 Å². The van der Waals surface area contributed by atoms with Crippen molar-refractivity contribution in [3.8, 4) is 0 Å². The maximum Gasteiger partial charge on any atom is 0.128 e. The number of ether oxygens (including phenoxy) is 1. The van der Waals surface area contributed by atoms with Gasteiger partial charge in [0.1, 0.15) is 6.17 Å². The Balaban J connectivity index is 2.06. The molecule has 1 aliphatic heterocycles. The van der Waals surface area contributed by atoms with Crippen LogP contribution in [0.4, 0.5) is 4.39 Å². The number of rotatable bonds is 4. The lowest BCUT2D eigenvalue weighted by Crippen LogP contribution is -2.20. The summed E-state index contributed by atoms with van der Waals surface area (Å²) in [7, 11) is 0. The van der Waals surface area contributed by atoms with E-state index < -0.39 is 6.17 Å². The number of halogens is 1. The summed E-state index contributed by atoms with van der Waals surface area (Å²) in [4.78, 5) is 0. The van der Waals surface area contributed by atoms with E-state index in [-0.39, 0.29) is 5.92 Å². The van der Waals surface area contributed by atoms with Crippen molar-refractivity contribution in [3.63, 3.8) is 0 Å². The lowest BCUT2D eigenvalue weighted by molar-refractivity contribution is 0.0365. The van der Waals surface area contributed by atoms with Gasteiger partial charge in [0, 0.05) is 13.2 Å². The van der Waals surface area contributed by atoms with Gasteiger partial charge in [0.15, 0.2) is 0 Å². The van der Waals surface area contributed by atoms with Gasteiger partial charge in [-0.25, -0.2) is 4.39 Å². The molecule has 1 heterocycles. The Kier molecular flexibility index (Phi) is 4.51. The molecule has 1 aliphatic rings. The number of hydrogen-bond donors (Lipinski definition) is 1. The molecule has 2 N–H and O–H groups in total.